The lowest BCUT2D eigenvalue weighted by molar-refractivity contribution is 0.795. The number of fused-ring (bicyclic) bond motifs is 6. The first-order chi connectivity index (χ1) is 20.6. The van der Waals surface area contributed by atoms with Crippen molar-refractivity contribution in [2.45, 2.75) is 59.3 Å². The van der Waals surface area contributed by atoms with Crippen LogP contribution in [0.25, 0.3) is 64.0 Å². The van der Waals surface area contributed by atoms with Gasteiger partial charge in [-0.25, -0.2) is 0 Å². The van der Waals surface area contributed by atoms with Crippen LogP contribution in [0, 0.1) is 6.92 Å². The lowest BCUT2D eigenvalue weighted by Gasteiger charge is -2.13. The quantitative estimate of drug-likeness (QED) is 0.162. The van der Waals surface area contributed by atoms with Crippen molar-refractivity contribution in [1.29, 1.82) is 0 Å². The highest BCUT2D eigenvalue weighted by Crippen LogP contribution is 2.42. The summed E-state index contributed by atoms with van der Waals surface area (Å²) in [4.78, 5) is 0. The summed E-state index contributed by atoms with van der Waals surface area (Å²) in [5.41, 5.74) is 9.48. The second kappa shape index (κ2) is 11.4. The van der Waals surface area contributed by atoms with E-state index in [1.54, 1.807) is 0 Å². The summed E-state index contributed by atoms with van der Waals surface area (Å²) in [6.07, 6.45) is 7.22. The van der Waals surface area contributed by atoms with Gasteiger partial charge < -0.3 is 0 Å². The molecule has 1 heteroatoms. The Morgan fingerprint density at radius 3 is 1.98 bits per heavy atom. The van der Waals surface area contributed by atoms with Crippen molar-refractivity contribution >= 4 is 53.1 Å². The normalized spacial score (nSPS) is 11.8. The molecule has 0 aliphatic heterocycles. The zero-order valence-electron chi connectivity index (χ0n) is 25.0. The minimum Gasteiger partial charge on any atom is -0.135 e. The van der Waals surface area contributed by atoms with Crippen molar-refractivity contribution < 1.29 is 0 Å². The van der Waals surface area contributed by atoms with Crippen LogP contribution in [0.15, 0.2) is 103 Å². The molecule has 1 aromatic heterocycles. The number of unbranched alkanes of at least 4 members (excludes halogenated alkanes) is 2. The van der Waals surface area contributed by atoms with Gasteiger partial charge in [0.15, 0.2) is 0 Å². The molecule has 0 radical (unpaired) electrons. The van der Waals surface area contributed by atoms with Gasteiger partial charge in [0.1, 0.15) is 0 Å². The maximum absolute atomic E-state index is 2.48. The number of thiophene rings is 1. The molecule has 1 heterocycles. The van der Waals surface area contributed by atoms with Gasteiger partial charge >= 0.3 is 0 Å². The van der Waals surface area contributed by atoms with E-state index in [1.807, 2.05) is 11.3 Å². The molecule has 7 aromatic rings. The van der Waals surface area contributed by atoms with Crippen molar-refractivity contribution in [3.05, 3.63) is 120 Å². The lowest BCUT2D eigenvalue weighted by Crippen LogP contribution is -1.89. The molecule has 0 amide bonds. The largest absolute Gasteiger partial charge is 0.135 e. The molecule has 42 heavy (non-hydrogen) atoms. The molecule has 0 aliphatic carbocycles. The van der Waals surface area contributed by atoms with Gasteiger partial charge in [-0.2, -0.15) is 0 Å². The molecule has 0 saturated heterocycles. The van der Waals surface area contributed by atoms with Crippen LogP contribution >= 0.6 is 11.3 Å². The number of hydrogen-bond acceptors (Lipinski definition) is 1. The molecule has 0 atom stereocenters. The second-order valence-electron chi connectivity index (χ2n) is 11.9. The molecule has 0 nitrogen and oxygen atoms in total. The topological polar surface area (TPSA) is 0 Å². The molecule has 0 unspecified atom stereocenters. The van der Waals surface area contributed by atoms with Crippen molar-refractivity contribution in [2.75, 3.05) is 0 Å². The summed E-state index contributed by atoms with van der Waals surface area (Å²) in [6, 6.07) is 39.5. The molecule has 0 bridgehead atoms. The van der Waals surface area contributed by atoms with Crippen LogP contribution in [0.5, 0.6) is 0 Å². The Balaban J connectivity index is 1.36. The number of rotatable bonds is 8. The van der Waals surface area contributed by atoms with Crippen molar-refractivity contribution in [3.8, 4) is 22.3 Å². The van der Waals surface area contributed by atoms with Gasteiger partial charge in [0.25, 0.3) is 0 Å². The van der Waals surface area contributed by atoms with Crippen LogP contribution in [0.1, 0.15) is 56.2 Å². The van der Waals surface area contributed by atoms with E-state index >= 15 is 0 Å². The first kappa shape index (κ1) is 26.9. The fourth-order valence-electron chi connectivity index (χ4n) is 6.54. The fraction of sp³-hybridized carbons (Fsp3) is 0.220. The van der Waals surface area contributed by atoms with Gasteiger partial charge in [-0.1, -0.05) is 105 Å². The van der Waals surface area contributed by atoms with E-state index in [9.17, 15) is 0 Å². The Morgan fingerprint density at radius 1 is 0.524 bits per heavy atom. The van der Waals surface area contributed by atoms with E-state index in [0.717, 1.165) is 12.8 Å². The van der Waals surface area contributed by atoms with Crippen LogP contribution in [0.2, 0.25) is 0 Å². The predicted octanol–water partition coefficient (Wildman–Crippen LogP) is 12.7. The number of hydrogen-bond donors (Lipinski definition) is 0. The standard InChI is InChI=1S/C41H38S/c1-4-6-10-28-15-21-40-38(23-28)39-25-29(11-7-5-2)24-37(41(39)42-40)31-19-17-30(18-20-31)36-26-32-16-14-27(3)22-35(32)33-12-8-9-13-34(33)36/h8-9,12-26H,4-7,10-11H2,1-3H3. The fourth-order valence-corrected chi connectivity index (χ4v) is 7.75. The minimum absolute atomic E-state index is 1.13. The molecule has 208 valence electrons. The van der Waals surface area contributed by atoms with E-state index < -0.39 is 0 Å². The monoisotopic (exact) mass is 562 g/mol. The molecule has 0 fully saturated rings. The van der Waals surface area contributed by atoms with Gasteiger partial charge in [-0.05, 0) is 118 Å². The Bertz CT molecular complexity index is 2060. The Labute approximate surface area is 253 Å². The van der Waals surface area contributed by atoms with E-state index in [0.29, 0.717) is 0 Å². The van der Waals surface area contributed by atoms with Crippen LogP contribution in [-0.4, -0.2) is 0 Å². The SMILES string of the molecule is CCCCc1ccc2sc3c(-c4ccc(-c5cc6ccc(C)cc6c6ccccc56)cc4)cc(CCCC)cc3c2c1. The summed E-state index contributed by atoms with van der Waals surface area (Å²) >= 11 is 1.95. The van der Waals surface area contributed by atoms with Crippen LogP contribution in [-0.2, 0) is 12.8 Å². The van der Waals surface area contributed by atoms with Gasteiger partial charge in [0, 0.05) is 20.2 Å². The highest BCUT2D eigenvalue weighted by atomic mass is 32.1. The number of benzene rings is 6. The van der Waals surface area contributed by atoms with E-state index in [1.165, 1.54) is 106 Å². The van der Waals surface area contributed by atoms with Gasteiger partial charge in [0.2, 0.25) is 0 Å². The van der Waals surface area contributed by atoms with Crippen LogP contribution in [0.4, 0.5) is 0 Å². The molecule has 0 saturated carbocycles. The predicted molar refractivity (Wildman–Crippen MR) is 187 cm³/mol. The second-order valence-corrected chi connectivity index (χ2v) is 13.0. The summed E-state index contributed by atoms with van der Waals surface area (Å²) < 4.78 is 2.81. The van der Waals surface area contributed by atoms with E-state index in [2.05, 4.69) is 124 Å². The highest BCUT2D eigenvalue weighted by Gasteiger charge is 2.15. The summed E-state index contributed by atoms with van der Waals surface area (Å²) in [5.74, 6) is 0. The maximum Gasteiger partial charge on any atom is 0.0434 e. The highest BCUT2D eigenvalue weighted by molar-refractivity contribution is 7.26. The average Bonchev–Trinajstić information content (AvgIpc) is 3.40. The van der Waals surface area contributed by atoms with E-state index in [-0.39, 0.29) is 0 Å². The zero-order valence-corrected chi connectivity index (χ0v) is 25.8. The third kappa shape index (κ3) is 4.91. The summed E-state index contributed by atoms with van der Waals surface area (Å²) in [5, 5.41) is 8.13. The average molecular weight is 563 g/mol. The minimum atomic E-state index is 1.13. The van der Waals surface area contributed by atoms with Gasteiger partial charge in [-0.15, -0.1) is 11.3 Å². The van der Waals surface area contributed by atoms with Crippen molar-refractivity contribution in [3.63, 3.8) is 0 Å². The van der Waals surface area contributed by atoms with Crippen molar-refractivity contribution in [1.82, 2.24) is 0 Å². The van der Waals surface area contributed by atoms with Gasteiger partial charge in [0.05, 0.1) is 0 Å². The smallest absolute Gasteiger partial charge is 0.0434 e. The van der Waals surface area contributed by atoms with Crippen LogP contribution in [0.3, 0.4) is 0 Å². The molecule has 0 aliphatic rings. The Kier molecular flexibility index (Phi) is 7.30. The summed E-state index contributed by atoms with van der Waals surface area (Å²) in [7, 11) is 0. The molecule has 6 aromatic carbocycles. The lowest BCUT2D eigenvalue weighted by atomic mass is 9.91. The molecule has 0 spiro atoms. The Morgan fingerprint density at radius 2 is 1.21 bits per heavy atom. The van der Waals surface area contributed by atoms with Crippen LogP contribution < -0.4 is 0 Å². The van der Waals surface area contributed by atoms with E-state index in [4.69, 9.17) is 0 Å². The first-order valence-electron chi connectivity index (χ1n) is 15.6. The first-order valence-corrected chi connectivity index (χ1v) is 16.5. The third-order valence-electron chi connectivity index (χ3n) is 8.86. The Hall–Kier alpha value is -3.94. The molecule has 7 rings (SSSR count). The van der Waals surface area contributed by atoms with Gasteiger partial charge in [-0.3, -0.25) is 0 Å². The third-order valence-corrected chi connectivity index (χ3v) is 10.1. The zero-order chi connectivity index (χ0) is 28.6. The molecule has 0 N–H and O–H groups in total. The molecular formula is C41H38S. The maximum atomic E-state index is 2.48. The van der Waals surface area contributed by atoms with Crippen molar-refractivity contribution in [2.24, 2.45) is 0 Å². The summed E-state index contributed by atoms with van der Waals surface area (Å²) in [6.45, 7) is 6.74. The molecular weight excluding hydrogens is 525 g/mol. The number of aryl methyl sites for hydroxylation is 3.